The van der Waals surface area contributed by atoms with Gasteiger partial charge in [-0.1, -0.05) is 13.8 Å². The number of carbonyl (C=O) groups is 2. The number of rotatable bonds is 8. The summed E-state index contributed by atoms with van der Waals surface area (Å²) in [5.74, 6) is -0.639. The second-order valence-electron chi connectivity index (χ2n) is 6.40. The Hall–Kier alpha value is -1.10. The van der Waals surface area contributed by atoms with Crippen molar-refractivity contribution in [2.45, 2.75) is 34.1 Å². The first-order valence-corrected chi connectivity index (χ1v) is 6.72. The first-order chi connectivity index (χ1) is 8.56. The van der Waals surface area contributed by atoms with Gasteiger partial charge in [0.15, 0.2) is 0 Å². The second-order valence-corrected chi connectivity index (χ2v) is 6.40. The largest absolute Gasteiger partial charge is 0.481 e. The second kappa shape index (κ2) is 7.48. The Bertz CT molecular complexity index is 312. The third kappa shape index (κ3) is 7.15. The molecule has 0 aliphatic heterocycles. The van der Waals surface area contributed by atoms with Gasteiger partial charge in [-0.25, -0.2) is 0 Å². The zero-order chi connectivity index (χ0) is 15.2. The third-order valence-corrected chi connectivity index (χ3v) is 2.93. The number of amides is 1. The molecular weight excluding hydrogens is 244 g/mol. The lowest BCUT2D eigenvalue weighted by atomic mass is 9.89. The Morgan fingerprint density at radius 3 is 2.05 bits per heavy atom. The quantitative estimate of drug-likeness (QED) is 0.728. The molecule has 0 saturated heterocycles. The number of carboxylic acids is 1. The average Bonchev–Trinajstić information content (AvgIpc) is 2.22. The molecule has 0 fully saturated rings. The molecule has 0 rings (SSSR count). The highest BCUT2D eigenvalue weighted by atomic mass is 16.4. The van der Waals surface area contributed by atoms with Crippen LogP contribution in [0.3, 0.4) is 0 Å². The molecule has 19 heavy (non-hydrogen) atoms. The lowest BCUT2D eigenvalue weighted by Crippen LogP contribution is -2.41. The fourth-order valence-corrected chi connectivity index (χ4v) is 1.64. The number of hydrogen-bond acceptors (Lipinski definition) is 3. The summed E-state index contributed by atoms with van der Waals surface area (Å²) in [5.41, 5.74) is -1.01. The van der Waals surface area contributed by atoms with Crippen molar-refractivity contribution in [3.63, 3.8) is 0 Å². The Morgan fingerprint density at radius 1 is 1.16 bits per heavy atom. The molecule has 0 aromatic heterocycles. The monoisotopic (exact) mass is 272 g/mol. The van der Waals surface area contributed by atoms with E-state index in [0.717, 1.165) is 6.54 Å². The number of aliphatic carboxylic acids is 1. The van der Waals surface area contributed by atoms with E-state index in [1.165, 1.54) is 0 Å². The molecule has 5 nitrogen and oxygen atoms in total. The summed E-state index contributed by atoms with van der Waals surface area (Å²) in [5, 5.41) is 9.09. The van der Waals surface area contributed by atoms with E-state index in [1.807, 2.05) is 19.0 Å². The molecule has 0 aromatic rings. The van der Waals surface area contributed by atoms with Crippen molar-refractivity contribution in [3.8, 4) is 0 Å². The summed E-state index contributed by atoms with van der Waals surface area (Å²) >= 11 is 0. The SMILES string of the molecule is CC(C)CN(CCN(C)C)C(=O)CC(C)(C)C(=O)O. The molecule has 0 heterocycles. The summed E-state index contributed by atoms with van der Waals surface area (Å²) < 4.78 is 0. The van der Waals surface area contributed by atoms with E-state index in [4.69, 9.17) is 5.11 Å². The Kier molecular flexibility index (Phi) is 7.05. The molecule has 0 unspecified atom stereocenters. The van der Waals surface area contributed by atoms with Gasteiger partial charge in [-0.3, -0.25) is 9.59 Å². The highest BCUT2D eigenvalue weighted by Gasteiger charge is 2.32. The normalized spacial score (nSPS) is 12.0. The number of hydrogen-bond donors (Lipinski definition) is 1. The van der Waals surface area contributed by atoms with Crippen molar-refractivity contribution >= 4 is 11.9 Å². The molecule has 0 spiro atoms. The number of carboxylic acid groups (broad SMARTS) is 1. The molecule has 5 heteroatoms. The van der Waals surface area contributed by atoms with Crippen molar-refractivity contribution in [3.05, 3.63) is 0 Å². The summed E-state index contributed by atoms with van der Waals surface area (Å²) in [6, 6.07) is 0. The fourth-order valence-electron chi connectivity index (χ4n) is 1.64. The van der Waals surface area contributed by atoms with Crippen LogP contribution >= 0.6 is 0 Å². The van der Waals surface area contributed by atoms with Crippen LogP contribution in [-0.2, 0) is 9.59 Å². The number of carbonyl (C=O) groups excluding carboxylic acids is 1. The molecular formula is C14H28N2O3. The van der Waals surface area contributed by atoms with E-state index < -0.39 is 11.4 Å². The number of nitrogens with zero attached hydrogens (tertiary/aromatic N) is 2. The minimum absolute atomic E-state index is 0.0441. The molecule has 0 aromatic carbocycles. The fraction of sp³-hybridized carbons (Fsp3) is 0.857. The Balaban J connectivity index is 4.66. The van der Waals surface area contributed by atoms with Gasteiger partial charge in [0.1, 0.15) is 0 Å². The van der Waals surface area contributed by atoms with Gasteiger partial charge in [0, 0.05) is 26.1 Å². The van der Waals surface area contributed by atoms with E-state index in [2.05, 4.69) is 13.8 Å². The van der Waals surface area contributed by atoms with Gasteiger partial charge in [0.05, 0.1) is 5.41 Å². The van der Waals surface area contributed by atoms with Gasteiger partial charge in [0.2, 0.25) is 5.91 Å². The van der Waals surface area contributed by atoms with Gasteiger partial charge in [0.25, 0.3) is 0 Å². The molecule has 0 bridgehead atoms. The van der Waals surface area contributed by atoms with Crippen LogP contribution in [0.15, 0.2) is 0 Å². The highest BCUT2D eigenvalue weighted by molar-refractivity contribution is 5.84. The summed E-state index contributed by atoms with van der Waals surface area (Å²) in [7, 11) is 3.92. The first kappa shape index (κ1) is 17.9. The Labute approximate surface area is 116 Å². The van der Waals surface area contributed by atoms with Crippen molar-refractivity contribution in [2.75, 3.05) is 33.7 Å². The van der Waals surface area contributed by atoms with Crippen LogP contribution in [0.4, 0.5) is 0 Å². The smallest absolute Gasteiger partial charge is 0.309 e. The van der Waals surface area contributed by atoms with Crippen LogP contribution in [0, 0.1) is 11.3 Å². The summed E-state index contributed by atoms with van der Waals surface area (Å²) in [6.45, 7) is 9.38. The number of likely N-dealkylation sites (N-methyl/N-ethyl adjacent to an activating group) is 1. The molecule has 0 aliphatic rings. The topological polar surface area (TPSA) is 60.9 Å². The maximum absolute atomic E-state index is 12.3. The van der Waals surface area contributed by atoms with Crippen LogP contribution in [-0.4, -0.2) is 60.5 Å². The van der Waals surface area contributed by atoms with Crippen molar-refractivity contribution in [2.24, 2.45) is 11.3 Å². The predicted molar refractivity (Wildman–Crippen MR) is 76.0 cm³/mol. The predicted octanol–water partition coefficient (Wildman–Crippen LogP) is 1.53. The molecule has 112 valence electrons. The molecule has 0 radical (unpaired) electrons. The molecule has 0 atom stereocenters. The first-order valence-electron chi connectivity index (χ1n) is 6.72. The Morgan fingerprint density at radius 2 is 1.68 bits per heavy atom. The van der Waals surface area contributed by atoms with Crippen LogP contribution < -0.4 is 0 Å². The van der Waals surface area contributed by atoms with E-state index in [9.17, 15) is 9.59 Å². The van der Waals surface area contributed by atoms with E-state index in [1.54, 1.807) is 18.7 Å². The van der Waals surface area contributed by atoms with Crippen LogP contribution in [0.5, 0.6) is 0 Å². The van der Waals surface area contributed by atoms with Gasteiger partial charge in [-0.15, -0.1) is 0 Å². The summed E-state index contributed by atoms with van der Waals surface area (Å²) in [6.07, 6.45) is 0.0441. The van der Waals surface area contributed by atoms with Gasteiger partial charge >= 0.3 is 5.97 Å². The standard InChI is InChI=1S/C14H28N2O3/c1-11(2)10-16(8-7-15(5)6)12(17)9-14(3,4)13(18)19/h11H,7-10H2,1-6H3,(H,18,19). The van der Waals surface area contributed by atoms with Crippen LogP contribution in [0.1, 0.15) is 34.1 Å². The lowest BCUT2D eigenvalue weighted by molar-refractivity contribution is -0.151. The summed E-state index contributed by atoms with van der Waals surface area (Å²) in [4.78, 5) is 27.1. The van der Waals surface area contributed by atoms with E-state index in [0.29, 0.717) is 19.0 Å². The molecule has 0 aliphatic carbocycles. The van der Waals surface area contributed by atoms with Crippen molar-refractivity contribution < 1.29 is 14.7 Å². The van der Waals surface area contributed by atoms with Gasteiger partial charge in [-0.05, 0) is 33.9 Å². The van der Waals surface area contributed by atoms with Crippen molar-refractivity contribution in [1.82, 2.24) is 9.80 Å². The van der Waals surface area contributed by atoms with Crippen LogP contribution in [0.2, 0.25) is 0 Å². The zero-order valence-electron chi connectivity index (χ0n) is 13.1. The maximum Gasteiger partial charge on any atom is 0.309 e. The maximum atomic E-state index is 12.3. The van der Waals surface area contributed by atoms with E-state index in [-0.39, 0.29) is 12.3 Å². The van der Waals surface area contributed by atoms with E-state index >= 15 is 0 Å². The molecule has 1 N–H and O–H groups in total. The third-order valence-electron chi connectivity index (χ3n) is 2.93. The molecule has 0 saturated carbocycles. The average molecular weight is 272 g/mol. The minimum Gasteiger partial charge on any atom is -0.481 e. The van der Waals surface area contributed by atoms with Gasteiger partial charge in [-0.2, -0.15) is 0 Å². The lowest BCUT2D eigenvalue weighted by Gasteiger charge is -2.29. The van der Waals surface area contributed by atoms with Crippen molar-refractivity contribution in [1.29, 1.82) is 0 Å². The molecule has 1 amide bonds. The van der Waals surface area contributed by atoms with Gasteiger partial charge < -0.3 is 14.9 Å². The highest BCUT2D eigenvalue weighted by Crippen LogP contribution is 2.22. The minimum atomic E-state index is -1.01. The van der Waals surface area contributed by atoms with Crippen LogP contribution in [0.25, 0.3) is 0 Å². The zero-order valence-corrected chi connectivity index (χ0v) is 13.1.